The summed E-state index contributed by atoms with van der Waals surface area (Å²) in [5.41, 5.74) is 3.77. The van der Waals surface area contributed by atoms with Crippen molar-refractivity contribution in [1.82, 2.24) is 4.98 Å². The Balaban J connectivity index is 1.94. The average Bonchev–Trinajstić information content (AvgIpc) is 2.92. The molecular weight excluding hydrogens is 321 g/mol. The van der Waals surface area contributed by atoms with Crippen LogP contribution in [0.2, 0.25) is 0 Å². The maximum Gasteiger partial charge on any atom is 0.471 e. The van der Waals surface area contributed by atoms with Gasteiger partial charge < -0.3 is 9.73 Å². The minimum atomic E-state index is -4.94. The van der Waals surface area contributed by atoms with E-state index >= 15 is 0 Å². The van der Waals surface area contributed by atoms with Crippen molar-refractivity contribution in [3.8, 4) is 11.5 Å². The average molecular weight is 334 g/mol. The molecule has 0 spiro atoms. The number of benzene rings is 2. The van der Waals surface area contributed by atoms with Crippen LogP contribution in [0.25, 0.3) is 22.6 Å². The Hall–Kier alpha value is -2.83. The van der Waals surface area contributed by atoms with Gasteiger partial charge in [0.25, 0.3) is 0 Å². The molecule has 1 heterocycles. The number of carbonyl (C=O) groups excluding carboxylic acids is 1. The minimum Gasteiger partial charge on any atom is -0.436 e. The predicted octanol–water partition coefficient (Wildman–Crippen LogP) is 4.61. The van der Waals surface area contributed by atoms with Crippen molar-refractivity contribution in [1.29, 1.82) is 0 Å². The molecule has 24 heavy (non-hydrogen) atoms. The molecule has 3 rings (SSSR count). The number of hydrogen-bond donors (Lipinski definition) is 1. The molecule has 2 aromatic carbocycles. The molecular formula is C17H13F3N2O2. The SMILES string of the molecule is Cc1ccc(-c2nc3cc(NC(=O)C(F)(F)F)ccc3o2)cc1C. The molecule has 0 fully saturated rings. The van der Waals surface area contributed by atoms with Gasteiger partial charge in [0.1, 0.15) is 5.52 Å². The molecule has 0 radical (unpaired) electrons. The monoisotopic (exact) mass is 334 g/mol. The highest BCUT2D eigenvalue weighted by molar-refractivity contribution is 5.96. The summed E-state index contributed by atoms with van der Waals surface area (Å²) in [5.74, 6) is -1.66. The van der Waals surface area contributed by atoms with Crippen molar-refractivity contribution >= 4 is 22.7 Å². The smallest absolute Gasteiger partial charge is 0.436 e. The van der Waals surface area contributed by atoms with Crippen molar-refractivity contribution in [3.63, 3.8) is 0 Å². The van der Waals surface area contributed by atoms with Gasteiger partial charge in [-0.25, -0.2) is 4.98 Å². The Kier molecular flexibility index (Phi) is 3.79. The number of nitrogens with one attached hydrogen (secondary N) is 1. The van der Waals surface area contributed by atoms with Gasteiger partial charge in [-0.3, -0.25) is 4.79 Å². The van der Waals surface area contributed by atoms with Crippen LogP contribution in [0.1, 0.15) is 11.1 Å². The van der Waals surface area contributed by atoms with Crippen LogP contribution in [-0.2, 0) is 4.79 Å². The summed E-state index contributed by atoms with van der Waals surface area (Å²) in [6, 6.07) is 9.87. The lowest BCUT2D eigenvalue weighted by atomic mass is 10.1. The van der Waals surface area contributed by atoms with Crippen molar-refractivity contribution < 1.29 is 22.4 Å². The topological polar surface area (TPSA) is 55.1 Å². The Labute approximate surface area is 135 Å². The molecule has 0 saturated carbocycles. The first-order valence-corrected chi connectivity index (χ1v) is 7.10. The Morgan fingerprint density at radius 1 is 1.08 bits per heavy atom. The molecule has 0 atom stereocenters. The normalized spacial score (nSPS) is 11.7. The van der Waals surface area contributed by atoms with Gasteiger partial charge >= 0.3 is 12.1 Å². The molecule has 0 bridgehead atoms. The number of hydrogen-bond acceptors (Lipinski definition) is 3. The highest BCUT2D eigenvalue weighted by atomic mass is 19.4. The molecule has 4 nitrogen and oxygen atoms in total. The number of amides is 1. The molecule has 124 valence electrons. The largest absolute Gasteiger partial charge is 0.471 e. The van der Waals surface area contributed by atoms with E-state index in [0.29, 0.717) is 17.0 Å². The van der Waals surface area contributed by atoms with Gasteiger partial charge in [-0.1, -0.05) is 6.07 Å². The van der Waals surface area contributed by atoms with Gasteiger partial charge in [0.2, 0.25) is 5.89 Å². The van der Waals surface area contributed by atoms with E-state index in [1.54, 1.807) is 5.32 Å². The predicted molar refractivity (Wildman–Crippen MR) is 83.6 cm³/mol. The molecule has 0 aliphatic heterocycles. The Morgan fingerprint density at radius 2 is 1.83 bits per heavy atom. The summed E-state index contributed by atoms with van der Waals surface area (Å²) < 4.78 is 42.5. The van der Waals surface area contributed by atoms with E-state index in [2.05, 4.69) is 4.98 Å². The summed E-state index contributed by atoms with van der Waals surface area (Å²) >= 11 is 0. The van der Waals surface area contributed by atoms with Crippen LogP contribution in [-0.4, -0.2) is 17.1 Å². The first-order valence-electron chi connectivity index (χ1n) is 7.10. The van der Waals surface area contributed by atoms with Crippen molar-refractivity contribution in [2.75, 3.05) is 5.32 Å². The molecule has 0 saturated heterocycles. The van der Waals surface area contributed by atoms with Crippen LogP contribution in [0.3, 0.4) is 0 Å². The molecule has 7 heteroatoms. The van der Waals surface area contributed by atoms with Gasteiger partial charge in [0.05, 0.1) is 0 Å². The fourth-order valence-electron chi connectivity index (χ4n) is 2.21. The maximum absolute atomic E-state index is 12.3. The zero-order chi connectivity index (χ0) is 17.5. The minimum absolute atomic E-state index is 0.00441. The maximum atomic E-state index is 12.3. The van der Waals surface area contributed by atoms with Crippen LogP contribution < -0.4 is 5.32 Å². The third-order valence-electron chi connectivity index (χ3n) is 3.66. The van der Waals surface area contributed by atoms with E-state index < -0.39 is 12.1 Å². The zero-order valence-electron chi connectivity index (χ0n) is 12.9. The number of aromatic nitrogens is 1. The molecule has 1 N–H and O–H groups in total. The second-order valence-electron chi connectivity index (χ2n) is 5.45. The lowest BCUT2D eigenvalue weighted by Gasteiger charge is -2.07. The number of nitrogens with zero attached hydrogens (tertiary/aromatic N) is 1. The fourth-order valence-corrected chi connectivity index (χ4v) is 2.21. The molecule has 3 aromatic rings. The van der Waals surface area contributed by atoms with Crippen LogP contribution in [0.15, 0.2) is 40.8 Å². The highest BCUT2D eigenvalue weighted by Crippen LogP contribution is 2.28. The van der Waals surface area contributed by atoms with E-state index in [1.807, 2.05) is 32.0 Å². The molecule has 1 aromatic heterocycles. The zero-order valence-corrected chi connectivity index (χ0v) is 12.9. The van der Waals surface area contributed by atoms with Gasteiger partial charge in [0, 0.05) is 11.3 Å². The van der Waals surface area contributed by atoms with Crippen LogP contribution >= 0.6 is 0 Å². The standard InChI is InChI=1S/C17H13F3N2O2/c1-9-3-4-11(7-10(9)2)15-22-13-8-12(5-6-14(13)24-15)21-16(23)17(18,19)20/h3-8H,1-2H3,(H,21,23). The van der Waals surface area contributed by atoms with E-state index in [-0.39, 0.29) is 5.69 Å². The lowest BCUT2D eigenvalue weighted by molar-refractivity contribution is -0.167. The second-order valence-corrected chi connectivity index (χ2v) is 5.45. The van der Waals surface area contributed by atoms with Crippen LogP contribution in [0.5, 0.6) is 0 Å². The van der Waals surface area contributed by atoms with Gasteiger partial charge in [0.15, 0.2) is 5.58 Å². The summed E-state index contributed by atoms with van der Waals surface area (Å²) in [5, 5.41) is 1.79. The number of fused-ring (bicyclic) bond motifs is 1. The first-order chi connectivity index (χ1) is 11.2. The number of halogens is 3. The number of carbonyl (C=O) groups is 1. The van der Waals surface area contributed by atoms with Gasteiger partial charge in [-0.05, 0) is 55.3 Å². The van der Waals surface area contributed by atoms with Crippen LogP contribution in [0, 0.1) is 13.8 Å². The van der Waals surface area contributed by atoms with Gasteiger partial charge in [-0.2, -0.15) is 13.2 Å². The van der Waals surface area contributed by atoms with Crippen molar-refractivity contribution in [2.24, 2.45) is 0 Å². The van der Waals surface area contributed by atoms with Gasteiger partial charge in [-0.15, -0.1) is 0 Å². The molecule has 0 unspecified atom stereocenters. The summed E-state index contributed by atoms with van der Waals surface area (Å²) in [7, 11) is 0. The number of rotatable bonds is 2. The van der Waals surface area contributed by atoms with Crippen molar-refractivity contribution in [2.45, 2.75) is 20.0 Å². The van der Waals surface area contributed by atoms with E-state index in [1.165, 1.54) is 18.2 Å². The summed E-state index contributed by atoms with van der Waals surface area (Å²) in [6.45, 7) is 3.95. The fraction of sp³-hybridized carbons (Fsp3) is 0.176. The van der Waals surface area contributed by atoms with Crippen molar-refractivity contribution in [3.05, 3.63) is 47.5 Å². The number of alkyl halides is 3. The first kappa shape index (κ1) is 16.0. The highest BCUT2D eigenvalue weighted by Gasteiger charge is 2.38. The Bertz CT molecular complexity index is 929. The molecule has 1 amide bonds. The lowest BCUT2D eigenvalue weighted by Crippen LogP contribution is -2.29. The van der Waals surface area contributed by atoms with E-state index in [0.717, 1.165) is 16.7 Å². The third-order valence-corrected chi connectivity index (χ3v) is 3.66. The number of oxazole rings is 1. The second kappa shape index (κ2) is 5.67. The third kappa shape index (κ3) is 3.10. The quantitative estimate of drug-likeness (QED) is 0.744. The van der Waals surface area contributed by atoms with Crippen LogP contribution in [0.4, 0.5) is 18.9 Å². The summed E-state index contributed by atoms with van der Waals surface area (Å²) in [6.07, 6.45) is -4.94. The molecule has 0 aliphatic rings. The number of anilines is 1. The molecule has 0 aliphatic carbocycles. The Morgan fingerprint density at radius 3 is 2.50 bits per heavy atom. The van der Waals surface area contributed by atoms with E-state index in [4.69, 9.17) is 4.42 Å². The summed E-state index contributed by atoms with van der Waals surface area (Å²) in [4.78, 5) is 15.3. The number of aryl methyl sites for hydroxylation is 2. The van der Waals surface area contributed by atoms with E-state index in [9.17, 15) is 18.0 Å².